The number of para-hydroxylation sites is 1. The largest absolute Gasteiger partial charge is 0.379 e. The lowest BCUT2D eigenvalue weighted by Gasteiger charge is -2.37. The molecule has 140 valence electrons. The summed E-state index contributed by atoms with van der Waals surface area (Å²) in [6.45, 7) is 11.8. The second kappa shape index (κ2) is 10.2. The number of guanidine groups is 1. The van der Waals surface area contributed by atoms with E-state index in [0.717, 1.165) is 58.3 Å². The van der Waals surface area contributed by atoms with Crippen molar-refractivity contribution in [3.05, 3.63) is 30.1 Å². The molecule has 0 saturated carbocycles. The molecule has 25 heavy (non-hydrogen) atoms. The van der Waals surface area contributed by atoms with Crippen LogP contribution in [0.4, 0.5) is 10.1 Å². The van der Waals surface area contributed by atoms with Gasteiger partial charge in [0.25, 0.3) is 0 Å². The quantitative estimate of drug-likeness (QED) is 0.466. The van der Waals surface area contributed by atoms with E-state index in [9.17, 15) is 4.39 Å². The van der Waals surface area contributed by atoms with E-state index in [1.807, 2.05) is 26.0 Å². The van der Waals surface area contributed by atoms with Gasteiger partial charge in [-0.15, -0.1) is 0 Å². The molecule has 1 aliphatic rings. The van der Waals surface area contributed by atoms with Gasteiger partial charge in [-0.2, -0.15) is 0 Å². The Balaban J connectivity index is 1.86. The third-order valence-corrected chi connectivity index (χ3v) is 4.12. The first-order valence-corrected chi connectivity index (χ1v) is 9.26. The number of hydrogen-bond acceptors (Lipinski definition) is 3. The molecule has 1 aromatic carbocycles. The maximum absolute atomic E-state index is 13.9. The third kappa shape index (κ3) is 6.20. The molecule has 0 unspecified atom stereocenters. The van der Waals surface area contributed by atoms with E-state index in [1.165, 1.54) is 6.07 Å². The zero-order chi connectivity index (χ0) is 18.1. The Hall–Kier alpha value is -1.82. The van der Waals surface area contributed by atoms with Gasteiger partial charge in [0.05, 0.1) is 11.8 Å². The molecule has 6 heteroatoms. The summed E-state index contributed by atoms with van der Waals surface area (Å²) in [5.41, 5.74) is 0.690. The molecule has 1 N–H and O–H groups in total. The van der Waals surface area contributed by atoms with Crippen LogP contribution in [0.3, 0.4) is 0 Å². The molecule has 0 bridgehead atoms. The van der Waals surface area contributed by atoms with Crippen LogP contribution in [0.1, 0.15) is 27.2 Å². The van der Waals surface area contributed by atoms with Crippen LogP contribution in [-0.4, -0.2) is 62.8 Å². The van der Waals surface area contributed by atoms with Crippen LogP contribution >= 0.6 is 0 Å². The normalized spacial score (nSPS) is 15.8. The van der Waals surface area contributed by atoms with Crippen molar-refractivity contribution in [2.75, 3.05) is 50.8 Å². The highest BCUT2D eigenvalue weighted by molar-refractivity contribution is 5.80. The first kappa shape index (κ1) is 19.5. The molecule has 0 aliphatic carbocycles. The van der Waals surface area contributed by atoms with Crippen molar-refractivity contribution in [1.29, 1.82) is 0 Å². The van der Waals surface area contributed by atoms with Crippen LogP contribution in [0, 0.1) is 5.82 Å². The molecule has 0 atom stereocenters. The summed E-state index contributed by atoms with van der Waals surface area (Å²) >= 11 is 0. The van der Waals surface area contributed by atoms with Crippen molar-refractivity contribution in [2.24, 2.45) is 4.99 Å². The number of benzene rings is 1. The molecular formula is C19H31FN4O. The van der Waals surface area contributed by atoms with Gasteiger partial charge in [0, 0.05) is 45.9 Å². The number of ether oxygens (including phenoxy) is 1. The molecule has 1 saturated heterocycles. The van der Waals surface area contributed by atoms with Crippen molar-refractivity contribution >= 4 is 11.6 Å². The molecule has 1 aromatic rings. The number of hydrogen-bond donors (Lipinski definition) is 1. The summed E-state index contributed by atoms with van der Waals surface area (Å²) < 4.78 is 19.5. The fourth-order valence-electron chi connectivity index (χ4n) is 2.86. The highest BCUT2D eigenvalue weighted by atomic mass is 19.1. The van der Waals surface area contributed by atoms with Crippen LogP contribution in [0.25, 0.3) is 0 Å². The third-order valence-electron chi connectivity index (χ3n) is 4.12. The zero-order valence-corrected chi connectivity index (χ0v) is 15.7. The van der Waals surface area contributed by atoms with Crippen molar-refractivity contribution < 1.29 is 9.13 Å². The zero-order valence-electron chi connectivity index (χ0n) is 15.7. The van der Waals surface area contributed by atoms with Gasteiger partial charge in [-0.3, -0.25) is 4.99 Å². The molecule has 0 amide bonds. The Bertz CT molecular complexity index is 542. The van der Waals surface area contributed by atoms with Crippen LogP contribution in [0.5, 0.6) is 0 Å². The van der Waals surface area contributed by atoms with E-state index in [-0.39, 0.29) is 11.9 Å². The number of nitrogens with zero attached hydrogens (tertiary/aromatic N) is 3. The fraction of sp³-hybridized carbons (Fsp3) is 0.632. The first-order valence-electron chi connectivity index (χ1n) is 9.26. The summed E-state index contributed by atoms with van der Waals surface area (Å²) in [6.07, 6.45) is 1.19. The monoisotopic (exact) mass is 350 g/mol. The van der Waals surface area contributed by atoms with E-state index in [1.54, 1.807) is 6.07 Å². The summed E-state index contributed by atoms with van der Waals surface area (Å²) in [4.78, 5) is 9.07. The number of nitrogens with one attached hydrogen (secondary N) is 1. The summed E-state index contributed by atoms with van der Waals surface area (Å²) in [6, 6.07) is 6.98. The second-order valence-corrected chi connectivity index (χ2v) is 6.43. The molecule has 1 fully saturated rings. The molecular weight excluding hydrogens is 319 g/mol. The summed E-state index contributed by atoms with van der Waals surface area (Å²) in [5, 5.41) is 3.36. The molecule has 0 spiro atoms. The molecule has 5 nitrogen and oxygen atoms in total. The SMILES string of the molecule is CCNC(=NCCCOC(C)C)N1CCN(c2ccccc2F)CC1. The van der Waals surface area contributed by atoms with Crippen LogP contribution in [0.2, 0.25) is 0 Å². The number of aliphatic imine (C=N–C) groups is 1. The Morgan fingerprint density at radius 2 is 1.96 bits per heavy atom. The lowest BCUT2D eigenvalue weighted by Crippen LogP contribution is -2.52. The van der Waals surface area contributed by atoms with Gasteiger partial charge in [-0.1, -0.05) is 12.1 Å². The van der Waals surface area contributed by atoms with E-state index in [0.29, 0.717) is 5.69 Å². The van der Waals surface area contributed by atoms with Gasteiger partial charge in [-0.05, 0) is 39.3 Å². The predicted octanol–water partition coefficient (Wildman–Crippen LogP) is 2.73. The number of anilines is 1. The Morgan fingerprint density at radius 3 is 2.60 bits per heavy atom. The minimum atomic E-state index is -0.151. The first-order chi connectivity index (χ1) is 12.1. The lowest BCUT2D eigenvalue weighted by atomic mass is 10.2. The van der Waals surface area contributed by atoms with Crippen molar-refractivity contribution in [1.82, 2.24) is 10.2 Å². The van der Waals surface area contributed by atoms with Crippen molar-refractivity contribution in [3.63, 3.8) is 0 Å². The molecule has 2 rings (SSSR count). The van der Waals surface area contributed by atoms with Crippen molar-refractivity contribution in [2.45, 2.75) is 33.3 Å². The highest BCUT2D eigenvalue weighted by Gasteiger charge is 2.21. The average molecular weight is 350 g/mol. The number of halogens is 1. The van der Waals surface area contributed by atoms with Crippen LogP contribution in [0.15, 0.2) is 29.3 Å². The van der Waals surface area contributed by atoms with Crippen molar-refractivity contribution in [3.8, 4) is 0 Å². The summed E-state index contributed by atoms with van der Waals surface area (Å²) in [7, 11) is 0. The highest BCUT2D eigenvalue weighted by Crippen LogP contribution is 2.20. The molecule has 1 aliphatic heterocycles. The standard InChI is InChI=1S/C19H31FN4O/c1-4-21-19(22-10-7-15-25-16(2)3)24-13-11-23(12-14-24)18-9-6-5-8-17(18)20/h5-6,8-9,16H,4,7,10-15H2,1-3H3,(H,21,22). The van der Waals surface area contributed by atoms with Crippen LogP contribution < -0.4 is 10.2 Å². The van der Waals surface area contributed by atoms with Gasteiger partial charge in [0.15, 0.2) is 5.96 Å². The van der Waals surface area contributed by atoms with Gasteiger partial charge >= 0.3 is 0 Å². The Kier molecular flexibility index (Phi) is 7.98. The van der Waals surface area contributed by atoms with Gasteiger partial charge < -0.3 is 19.9 Å². The van der Waals surface area contributed by atoms with Crippen LogP contribution in [-0.2, 0) is 4.74 Å². The minimum absolute atomic E-state index is 0.151. The maximum Gasteiger partial charge on any atom is 0.194 e. The van der Waals surface area contributed by atoms with E-state index in [2.05, 4.69) is 22.0 Å². The second-order valence-electron chi connectivity index (χ2n) is 6.43. The predicted molar refractivity (Wildman–Crippen MR) is 102 cm³/mol. The summed E-state index contributed by atoms with van der Waals surface area (Å²) in [5.74, 6) is 0.793. The Labute approximate surface area is 150 Å². The number of rotatable bonds is 7. The maximum atomic E-state index is 13.9. The van der Waals surface area contributed by atoms with E-state index in [4.69, 9.17) is 9.73 Å². The van der Waals surface area contributed by atoms with E-state index < -0.39 is 0 Å². The topological polar surface area (TPSA) is 40.1 Å². The van der Waals surface area contributed by atoms with E-state index >= 15 is 0 Å². The molecule has 0 aromatic heterocycles. The fourth-order valence-corrected chi connectivity index (χ4v) is 2.86. The lowest BCUT2D eigenvalue weighted by molar-refractivity contribution is 0.0782. The van der Waals surface area contributed by atoms with Gasteiger partial charge in [-0.25, -0.2) is 4.39 Å². The van der Waals surface area contributed by atoms with Gasteiger partial charge in [0.2, 0.25) is 0 Å². The molecule has 1 heterocycles. The molecule has 0 radical (unpaired) electrons. The average Bonchev–Trinajstić information content (AvgIpc) is 2.61. The smallest absolute Gasteiger partial charge is 0.194 e. The number of piperazine rings is 1. The van der Waals surface area contributed by atoms with Gasteiger partial charge in [0.1, 0.15) is 5.82 Å². The minimum Gasteiger partial charge on any atom is -0.379 e. The Morgan fingerprint density at radius 1 is 1.24 bits per heavy atom.